The summed E-state index contributed by atoms with van der Waals surface area (Å²) in [7, 11) is 3.49. The highest BCUT2D eigenvalue weighted by molar-refractivity contribution is 5.79. The molecular formula is C17H28N4O2. The van der Waals surface area contributed by atoms with Gasteiger partial charge < -0.3 is 19.7 Å². The highest BCUT2D eigenvalue weighted by Crippen LogP contribution is 2.16. The third-order valence-electron chi connectivity index (χ3n) is 4.08. The van der Waals surface area contributed by atoms with Crippen LogP contribution in [0.2, 0.25) is 0 Å². The molecule has 1 aromatic heterocycles. The van der Waals surface area contributed by atoms with Gasteiger partial charge in [0.2, 0.25) is 5.88 Å². The van der Waals surface area contributed by atoms with Gasteiger partial charge in [-0.25, -0.2) is 4.98 Å². The quantitative estimate of drug-likeness (QED) is 0.493. The molecule has 0 atom stereocenters. The van der Waals surface area contributed by atoms with Gasteiger partial charge in [-0.2, -0.15) is 0 Å². The Kier molecular flexibility index (Phi) is 7.13. The number of hydrogen-bond acceptors (Lipinski definition) is 4. The van der Waals surface area contributed by atoms with Crippen molar-refractivity contribution in [3.05, 3.63) is 23.9 Å². The van der Waals surface area contributed by atoms with E-state index in [9.17, 15) is 0 Å². The first-order valence-corrected chi connectivity index (χ1v) is 8.25. The van der Waals surface area contributed by atoms with Crippen molar-refractivity contribution < 1.29 is 9.47 Å². The SMILES string of the molecule is CN=C(NCc1ccc(OCCOC)nc1)N1CCC(C)CC1. The van der Waals surface area contributed by atoms with Gasteiger partial charge in [0.15, 0.2) is 5.96 Å². The average Bonchev–Trinajstić information content (AvgIpc) is 2.58. The second-order valence-electron chi connectivity index (χ2n) is 5.92. The van der Waals surface area contributed by atoms with Crippen LogP contribution in [-0.4, -0.2) is 56.3 Å². The number of ether oxygens (including phenoxy) is 2. The molecule has 0 spiro atoms. The number of nitrogens with one attached hydrogen (secondary N) is 1. The van der Waals surface area contributed by atoms with E-state index < -0.39 is 0 Å². The summed E-state index contributed by atoms with van der Waals surface area (Å²) in [5.41, 5.74) is 1.11. The Morgan fingerprint density at radius 1 is 1.35 bits per heavy atom. The number of piperidine rings is 1. The summed E-state index contributed by atoms with van der Waals surface area (Å²) < 4.78 is 10.4. The molecule has 1 saturated heterocycles. The van der Waals surface area contributed by atoms with Gasteiger partial charge in [-0.3, -0.25) is 4.99 Å². The Morgan fingerprint density at radius 2 is 2.13 bits per heavy atom. The minimum atomic E-state index is 0.515. The molecule has 2 rings (SSSR count). The number of aromatic nitrogens is 1. The number of nitrogens with zero attached hydrogens (tertiary/aromatic N) is 3. The maximum absolute atomic E-state index is 5.46. The van der Waals surface area contributed by atoms with Gasteiger partial charge in [0.05, 0.1) is 6.61 Å². The highest BCUT2D eigenvalue weighted by atomic mass is 16.5. The van der Waals surface area contributed by atoms with Gasteiger partial charge in [-0.05, 0) is 24.3 Å². The van der Waals surface area contributed by atoms with Gasteiger partial charge in [-0.15, -0.1) is 0 Å². The molecule has 0 amide bonds. The van der Waals surface area contributed by atoms with Crippen LogP contribution >= 0.6 is 0 Å². The van der Waals surface area contributed by atoms with Gasteiger partial charge in [0, 0.05) is 46.1 Å². The predicted molar refractivity (Wildman–Crippen MR) is 91.8 cm³/mol. The normalized spacial score (nSPS) is 16.5. The molecule has 2 heterocycles. The van der Waals surface area contributed by atoms with E-state index >= 15 is 0 Å². The van der Waals surface area contributed by atoms with Gasteiger partial charge in [0.1, 0.15) is 6.61 Å². The lowest BCUT2D eigenvalue weighted by Crippen LogP contribution is -2.45. The average molecular weight is 320 g/mol. The van der Waals surface area contributed by atoms with E-state index in [1.807, 2.05) is 25.4 Å². The Balaban J connectivity index is 1.79. The summed E-state index contributed by atoms with van der Waals surface area (Å²) in [5.74, 6) is 2.41. The molecule has 1 fully saturated rings. The number of hydrogen-bond donors (Lipinski definition) is 1. The van der Waals surface area contributed by atoms with Crippen molar-refractivity contribution in [2.75, 3.05) is 40.5 Å². The van der Waals surface area contributed by atoms with Crippen LogP contribution in [0.25, 0.3) is 0 Å². The molecule has 0 aromatic carbocycles. The topological polar surface area (TPSA) is 59.0 Å². The predicted octanol–water partition coefficient (Wildman–Crippen LogP) is 1.91. The minimum Gasteiger partial charge on any atom is -0.475 e. The molecule has 1 aliphatic rings. The summed E-state index contributed by atoms with van der Waals surface area (Å²) in [5, 5.41) is 3.42. The molecule has 23 heavy (non-hydrogen) atoms. The summed E-state index contributed by atoms with van der Waals surface area (Å²) in [6.45, 7) is 6.26. The summed E-state index contributed by atoms with van der Waals surface area (Å²) in [6.07, 6.45) is 4.30. The maximum Gasteiger partial charge on any atom is 0.213 e. The monoisotopic (exact) mass is 320 g/mol. The van der Waals surface area contributed by atoms with Crippen LogP contribution < -0.4 is 10.1 Å². The zero-order valence-electron chi connectivity index (χ0n) is 14.4. The number of guanidine groups is 1. The van der Waals surface area contributed by atoms with E-state index in [-0.39, 0.29) is 0 Å². The van der Waals surface area contributed by atoms with E-state index in [2.05, 4.69) is 27.1 Å². The smallest absolute Gasteiger partial charge is 0.213 e. The number of methoxy groups -OCH3 is 1. The molecule has 0 radical (unpaired) electrons. The first-order chi connectivity index (χ1) is 11.2. The molecule has 6 nitrogen and oxygen atoms in total. The number of likely N-dealkylation sites (tertiary alicyclic amines) is 1. The first-order valence-electron chi connectivity index (χ1n) is 8.25. The lowest BCUT2D eigenvalue weighted by Gasteiger charge is -2.32. The number of rotatable bonds is 6. The molecule has 1 aromatic rings. The fraction of sp³-hybridized carbons (Fsp3) is 0.647. The van der Waals surface area contributed by atoms with Crippen LogP contribution in [0.3, 0.4) is 0 Å². The first kappa shape index (κ1) is 17.5. The zero-order chi connectivity index (χ0) is 16.5. The zero-order valence-corrected chi connectivity index (χ0v) is 14.4. The van der Waals surface area contributed by atoms with Crippen molar-refractivity contribution >= 4 is 5.96 Å². The second kappa shape index (κ2) is 9.35. The Hall–Kier alpha value is -1.82. The molecule has 0 saturated carbocycles. The highest BCUT2D eigenvalue weighted by Gasteiger charge is 2.18. The van der Waals surface area contributed by atoms with Crippen molar-refractivity contribution in [3.63, 3.8) is 0 Å². The standard InChI is InChI=1S/C17H28N4O2/c1-14-6-8-21(9-7-14)17(18-2)20-13-15-4-5-16(19-12-15)23-11-10-22-3/h4-5,12,14H,6-11,13H2,1-3H3,(H,18,20). The molecule has 1 N–H and O–H groups in total. The number of aliphatic imine (C=N–C) groups is 1. The van der Waals surface area contributed by atoms with Crippen molar-refractivity contribution in [1.82, 2.24) is 15.2 Å². The van der Waals surface area contributed by atoms with Gasteiger partial charge in [-0.1, -0.05) is 13.0 Å². The van der Waals surface area contributed by atoms with Crippen LogP contribution in [0.5, 0.6) is 5.88 Å². The Bertz CT molecular complexity index is 482. The molecule has 6 heteroatoms. The third-order valence-corrected chi connectivity index (χ3v) is 4.08. The Labute approximate surface area is 138 Å². The van der Waals surface area contributed by atoms with Crippen molar-refractivity contribution in [1.29, 1.82) is 0 Å². The Morgan fingerprint density at radius 3 is 2.74 bits per heavy atom. The van der Waals surface area contributed by atoms with E-state index in [4.69, 9.17) is 9.47 Å². The molecule has 0 aliphatic carbocycles. The van der Waals surface area contributed by atoms with E-state index in [1.54, 1.807) is 7.11 Å². The summed E-state index contributed by atoms with van der Waals surface area (Å²) in [4.78, 5) is 11.0. The van der Waals surface area contributed by atoms with Crippen LogP contribution in [-0.2, 0) is 11.3 Å². The van der Waals surface area contributed by atoms with Crippen LogP contribution in [0.1, 0.15) is 25.3 Å². The molecule has 0 unspecified atom stereocenters. The van der Waals surface area contributed by atoms with Crippen molar-refractivity contribution in [3.8, 4) is 5.88 Å². The third kappa shape index (κ3) is 5.71. The van der Waals surface area contributed by atoms with Crippen LogP contribution in [0, 0.1) is 5.92 Å². The lowest BCUT2D eigenvalue weighted by molar-refractivity contribution is 0.143. The fourth-order valence-electron chi connectivity index (χ4n) is 2.56. The van der Waals surface area contributed by atoms with Crippen LogP contribution in [0.15, 0.2) is 23.3 Å². The number of pyridine rings is 1. The van der Waals surface area contributed by atoms with Gasteiger partial charge >= 0.3 is 0 Å². The largest absolute Gasteiger partial charge is 0.475 e. The molecule has 1 aliphatic heterocycles. The van der Waals surface area contributed by atoms with Crippen molar-refractivity contribution in [2.24, 2.45) is 10.9 Å². The summed E-state index contributed by atoms with van der Waals surface area (Å²) >= 11 is 0. The minimum absolute atomic E-state index is 0.515. The lowest BCUT2D eigenvalue weighted by atomic mass is 10.00. The molecular weight excluding hydrogens is 292 g/mol. The summed E-state index contributed by atoms with van der Waals surface area (Å²) in [6, 6.07) is 3.91. The second-order valence-corrected chi connectivity index (χ2v) is 5.92. The fourth-order valence-corrected chi connectivity index (χ4v) is 2.56. The van der Waals surface area contributed by atoms with E-state index in [0.717, 1.165) is 30.5 Å². The van der Waals surface area contributed by atoms with E-state index in [0.29, 0.717) is 25.6 Å². The van der Waals surface area contributed by atoms with E-state index in [1.165, 1.54) is 12.8 Å². The molecule has 128 valence electrons. The van der Waals surface area contributed by atoms with Crippen molar-refractivity contribution in [2.45, 2.75) is 26.3 Å². The molecule has 0 bridgehead atoms. The van der Waals surface area contributed by atoms with Gasteiger partial charge in [0.25, 0.3) is 0 Å². The van der Waals surface area contributed by atoms with Crippen LogP contribution in [0.4, 0.5) is 0 Å². The maximum atomic E-state index is 5.46.